The summed E-state index contributed by atoms with van der Waals surface area (Å²) in [7, 11) is 0. The SMILES string of the molecule is CCc1ccc(Cc2nc3ccccn3c2C(N)=S)cc1. The molecular weight excluding hydrogens is 278 g/mol. The van der Waals surface area contributed by atoms with Crippen LogP contribution in [0.5, 0.6) is 0 Å². The molecule has 3 rings (SSSR count). The quantitative estimate of drug-likeness (QED) is 0.752. The molecule has 2 aromatic heterocycles. The molecule has 3 aromatic rings. The van der Waals surface area contributed by atoms with E-state index in [1.54, 1.807) is 0 Å². The van der Waals surface area contributed by atoms with E-state index < -0.39 is 0 Å². The van der Waals surface area contributed by atoms with E-state index in [0.29, 0.717) is 4.99 Å². The summed E-state index contributed by atoms with van der Waals surface area (Å²) in [5.74, 6) is 0. The van der Waals surface area contributed by atoms with Gasteiger partial charge in [0.2, 0.25) is 0 Å². The van der Waals surface area contributed by atoms with Crippen LogP contribution in [0, 0.1) is 0 Å². The molecule has 0 aliphatic rings. The van der Waals surface area contributed by atoms with Crippen LogP contribution in [-0.2, 0) is 12.8 Å². The third kappa shape index (κ3) is 2.67. The minimum Gasteiger partial charge on any atom is -0.388 e. The van der Waals surface area contributed by atoms with E-state index in [1.807, 2.05) is 28.8 Å². The van der Waals surface area contributed by atoms with E-state index in [2.05, 4.69) is 36.2 Å². The van der Waals surface area contributed by atoms with Gasteiger partial charge in [0, 0.05) is 12.6 Å². The molecule has 0 aliphatic carbocycles. The molecule has 3 nitrogen and oxygen atoms in total. The van der Waals surface area contributed by atoms with Crippen LogP contribution in [0.15, 0.2) is 48.7 Å². The van der Waals surface area contributed by atoms with Gasteiger partial charge in [-0.1, -0.05) is 49.5 Å². The Labute approximate surface area is 129 Å². The van der Waals surface area contributed by atoms with Crippen LogP contribution in [0.3, 0.4) is 0 Å². The Hall–Kier alpha value is -2.20. The maximum atomic E-state index is 5.90. The van der Waals surface area contributed by atoms with Crippen LogP contribution in [0.4, 0.5) is 0 Å². The molecule has 0 fully saturated rings. The van der Waals surface area contributed by atoms with Gasteiger partial charge >= 0.3 is 0 Å². The number of aryl methyl sites for hydroxylation is 1. The lowest BCUT2D eigenvalue weighted by molar-refractivity contribution is 1.08. The number of pyridine rings is 1. The van der Waals surface area contributed by atoms with E-state index in [4.69, 9.17) is 18.0 Å². The van der Waals surface area contributed by atoms with Crippen molar-refractivity contribution in [2.24, 2.45) is 5.73 Å². The number of nitrogens with zero attached hydrogens (tertiary/aromatic N) is 2. The summed E-state index contributed by atoms with van der Waals surface area (Å²) >= 11 is 5.20. The molecule has 0 spiro atoms. The number of hydrogen-bond donors (Lipinski definition) is 1. The highest BCUT2D eigenvalue weighted by Crippen LogP contribution is 2.17. The van der Waals surface area contributed by atoms with Gasteiger partial charge in [-0.3, -0.25) is 4.40 Å². The Morgan fingerprint density at radius 2 is 1.86 bits per heavy atom. The average Bonchev–Trinajstić information content (AvgIpc) is 2.86. The molecule has 0 amide bonds. The zero-order chi connectivity index (χ0) is 14.8. The van der Waals surface area contributed by atoms with Gasteiger partial charge in [0.1, 0.15) is 16.3 Å². The standard InChI is InChI=1S/C17H17N3S/c1-2-12-6-8-13(9-7-12)11-14-16(17(18)21)20-10-4-3-5-15(20)19-14/h3-10H,2,11H2,1H3,(H2,18,21). The molecule has 0 bridgehead atoms. The molecule has 2 N–H and O–H groups in total. The van der Waals surface area contributed by atoms with Crippen LogP contribution in [-0.4, -0.2) is 14.4 Å². The minimum atomic E-state index is 0.383. The second-order valence-corrected chi connectivity index (χ2v) is 5.49. The van der Waals surface area contributed by atoms with Gasteiger partial charge in [-0.05, 0) is 29.7 Å². The fourth-order valence-electron chi connectivity index (χ4n) is 2.51. The topological polar surface area (TPSA) is 43.3 Å². The summed E-state index contributed by atoms with van der Waals surface area (Å²) in [4.78, 5) is 5.05. The molecule has 0 unspecified atom stereocenters. The van der Waals surface area contributed by atoms with Gasteiger partial charge in [-0.2, -0.15) is 0 Å². The molecule has 106 valence electrons. The third-order valence-electron chi connectivity index (χ3n) is 3.64. The number of nitrogens with two attached hydrogens (primary N) is 1. The number of aromatic nitrogens is 2. The van der Waals surface area contributed by atoms with Crippen molar-refractivity contribution in [3.05, 3.63) is 71.2 Å². The monoisotopic (exact) mass is 295 g/mol. The Morgan fingerprint density at radius 1 is 1.14 bits per heavy atom. The van der Waals surface area contributed by atoms with Crippen molar-refractivity contribution in [1.29, 1.82) is 0 Å². The van der Waals surface area contributed by atoms with Gasteiger partial charge in [0.05, 0.1) is 5.69 Å². The van der Waals surface area contributed by atoms with Crippen molar-refractivity contribution in [2.45, 2.75) is 19.8 Å². The highest BCUT2D eigenvalue weighted by molar-refractivity contribution is 7.80. The van der Waals surface area contributed by atoms with Crippen LogP contribution in [0.2, 0.25) is 0 Å². The summed E-state index contributed by atoms with van der Waals surface area (Å²) in [5, 5.41) is 0. The van der Waals surface area contributed by atoms with Crippen molar-refractivity contribution in [3.63, 3.8) is 0 Å². The Morgan fingerprint density at radius 3 is 2.52 bits per heavy atom. The molecule has 0 aliphatic heterocycles. The van der Waals surface area contributed by atoms with Crippen molar-refractivity contribution in [3.8, 4) is 0 Å². The molecule has 0 radical (unpaired) electrons. The van der Waals surface area contributed by atoms with Crippen molar-refractivity contribution in [2.75, 3.05) is 0 Å². The normalized spacial score (nSPS) is 10.9. The maximum absolute atomic E-state index is 5.90. The van der Waals surface area contributed by atoms with Gasteiger partial charge < -0.3 is 5.73 Å². The number of imidazole rings is 1. The molecular formula is C17H17N3S. The largest absolute Gasteiger partial charge is 0.388 e. The predicted molar refractivity (Wildman–Crippen MR) is 89.7 cm³/mol. The first-order valence-corrected chi connectivity index (χ1v) is 7.43. The van der Waals surface area contributed by atoms with Gasteiger partial charge in [-0.25, -0.2) is 4.98 Å². The first kappa shape index (κ1) is 13.8. The van der Waals surface area contributed by atoms with Gasteiger partial charge in [-0.15, -0.1) is 0 Å². The number of rotatable bonds is 4. The maximum Gasteiger partial charge on any atom is 0.137 e. The van der Waals surface area contributed by atoms with Crippen LogP contribution >= 0.6 is 12.2 Å². The van der Waals surface area contributed by atoms with Crippen molar-refractivity contribution < 1.29 is 0 Å². The molecule has 0 atom stereocenters. The molecule has 1 aromatic carbocycles. The number of benzene rings is 1. The first-order chi connectivity index (χ1) is 10.2. The summed E-state index contributed by atoms with van der Waals surface area (Å²) in [5.41, 5.74) is 11.1. The van der Waals surface area contributed by atoms with Gasteiger partial charge in [0.15, 0.2) is 0 Å². The second kappa shape index (κ2) is 5.66. The number of hydrogen-bond acceptors (Lipinski definition) is 2. The van der Waals surface area contributed by atoms with Crippen LogP contribution in [0.1, 0.15) is 29.4 Å². The Bertz CT molecular complexity index is 787. The molecule has 4 heteroatoms. The summed E-state index contributed by atoms with van der Waals surface area (Å²) < 4.78 is 1.96. The van der Waals surface area contributed by atoms with Crippen LogP contribution < -0.4 is 5.73 Å². The summed E-state index contributed by atoms with van der Waals surface area (Å²) in [6, 6.07) is 14.5. The zero-order valence-electron chi connectivity index (χ0n) is 11.9. The fraction of sp³-hybridized carbons (Fsp3) is 0.176. The van der Waals surface area contributed by atoms with Crippen LogP contribution in [0.25, 0.3) is 5.65 Å². The Kier molecular flexibility index (Phi) is 3.71. The lowest BCUT2D eigenvalue weighted by atomic mass is 10.1. The average molecular weight is 295 g/mol. The number of fused-ring (bicyclic) bond motifs is 1. The molecule has 0 saturated carbocycles. The Balaban J connectivity index is 2.02. The predicted octanol–water partition coefficient (Wildman–Crippen LogP) is 3.12. The highest BCUT2D eigenvalue weighted by atomic mass is 32.1. The molecule has 2 heterocycles. The second-order valence-electron chi connectivity index (χ2n) is 5.05. The highest BCUT2D eigenvalue weighted by Gasteiger charge is 2.14. The smallest absolute Gasteiger partial charge is 0.137 e. The first-order valence-electron chi connectivity index (χ1n) is 7.02. The molecule has 0 saturated heterocycles. The van der Waals surface area contributed by atoms with E-state index in [1.165, 1.54) is 11.1 Å². The minimum absolute atomic E-state index is 0.383. The van der Waals surface area contributed by atoms with E-state index in [0.717, 1.165) is 29.9 Å². The van der Waals surface area contributed by atoms with E-state index in [-0.39, 0.29) is 0 Å². The number of thiocarbonyl (C=S) groups is 1. The van der Waals surface area contributed by atoms with Crippen molar-refractivity contribution >= 4 is 22.9 Å². The fourth-order valence-corrected chi connectivity index (χ4v) is 2.73. The lowest BCUT2D eigenvalue weighted by Gasteiger charge is -2.04. The summed E-state index contributed by atoms with van der Waals surface area (Å²) in [6.45, 7) is 2.15. The van der Waals surface area contributed by atoms with Gasteiger partial charge in [0.25, 0.3) is 0 Å². The zero-order valence-corrected chi connectivity index (χ0v) is 12.7. The van der Waals surface area contributed by atoms with E-state index >= 15 is 0 Å². The summed E-state index contributed by atoms with van der Waals surface area (Å²) in [6.07, 6.45) is 3.73. The van der Waals surface area contributed by atoms with Crippen molar-refractivity contribution in [1.82, 2.24) is 9.38 Å². The third-order valence-corrected chi connectivity index (χ3v) is 3.83. The van der Waals surface area contributed by atoms with E-state index in [9.17, 15) is 0 Å². The lowest BCUT2D eigenvalue weighted by Crippen LogP contribution is -2.14. The molecule has 21 heavy (non-hydrogen) atoms.